The topological polar surface area (TPSA) is 98.5 Å². The lowest BCUT2D eigenvalue weighted by Crippen LogP contribution is -2.41. The maximum atomic E-state index is 11.8. The van der Waals surface area contributed by atoms with Crippen molar-refractivity contribution in [3.8, 4) is 5.75 Å². The summed E-state index contributed by atoms with van der Waals surface area (Å²) >= 11 is 0. The van der Waals surface area contributed by atoms with Crippen LogP contribution in [-0.2, 0) is 14.6 Å². The van der Waals surface area contributed by atoms with Gasteiger partial charge >= 0.3 is 0 Å². The molecular weight excluding hydrogens is 352 g/mol. The standard InChI is InChI=1S/C16H24N2O4S.ClH/c1-23(20,21)14-8-6-13(7-9-14)22-10-2-3-16(19)18-15(11-17)12-4-5-12;/h6-9,12,15H,2-5,10-11,17H2,1H3,(H,18,19);1H. The molecular formula is C16H25ClN2O4S. The van der Waals surface area contributed by atoms with Crippen LogP contribution in [0.3, 0.4) is 0 Å². The molecule has 2 rings (SSSR count). The van der Waals surface area contributed by atoms with Crippen LogP contribution in [0.2, 0.25) is 0 Å². The molecule has 0 aliphatic heterocycles. The quantitative estimate of drug-likeness (QED) is 0.637. The Morgan fingerprint density at radius 3 is 2.46 bits per heavy atom. The first-order valence-corrected chi connectivity index (χ1v) is 9.71. The number of nitrogens with two attached hydrogens (primary N) is 1. The third-order valence-electron chi connectivity index (χ3n) is 3.86. The highest BCUT2D eigenvalue weighted by atomic mass is 35.5. The molecule has 1 fully saturated rings. The summed E-state index contributed by atoms with van der Waals surface area (Å²) < 4.78 is 28.2. The van der Waals surface area contributed by atoms with Gasteiger partial charge in [0, 0.05) is 25.3 Å². The van der Waals surface area contributed by atoms with Crippen LogP contribution in [0.15, 0.2) is 29.2 Å². The van der Waals surface area contributed by atoms with E-state index < -0.39 is 9.84 Å². The zero-order chi connectivity index (χ0) is 16.9. The van der Waals surface area contributed by atoms with Crippen LogP contribution in [0, 0.1) is 5.92 Å². The lowest BCUT2D eigenvalue weighted by Gasteiger charge is -2.15. The van der Waals surface area contributed by atoms with Gasteiger partial charge in [0.15, 0.2) is 9.84 Å². The highest BCUT2D eigenvalue weighted by Crippen LogP contribution is 2.32. The predicted octanol–water partition coefficient (Wildman–Crippen LogP) is 1.52. The molecule has 0 bridgehead atoms. The van der Waals surface area contributed by atoms with Gasteiger partial charge in [-0.3, -0.25) is 4.79 Å². The third-order valence-corrected chi connectivity index (χ3v) is 4.99. The van der Waals surface area contributed by atoms with Crippen LogP contribution in [-0.4, -0.2) is 39.8 Å². The fraction of sp³-hybridized carbons (Fsp3) is 0.562. The Morgan fingerprint density at radius 2 is 1.96 bits per heavy atom. The van der Waals surface area contributed by atoms with Crippen LogP contribution < -0.4 is 15.8 Å². The summed E-state index contributed by atoms with van der Waals surface area (Å²) in [5, 5.41) is 2.97. The number of benzene rings is 1. The van der Waals surface area contributed by atoms with Gasteiger partial charge in [0.2, 0.25) is 5.91 Å². The number of amides is 1. The number of sulfone groups is 1. The number of hydrogen-bond acceptors (Lipinski definition) is 5. The molecule has 1 aliphatic carbocycles. The molecule has 1 atom stereocenters. The Balaban J connectivity index is 0.00000288. The Bertz CT molecular complexity index is 630. The molecule has 0 heterocycles. The molecule has 0 saturated heterocycles. The molecule has 1 amide bonds. The van der Waals surface area contributed by atoms with Crippen molar-refractivity contribution in [1.82, 2.24) is 5.32 Å². The highest BCUT2D eigenvalue weighted by molar-refractivity contribution is 7.90. The van der Waals surface area contributed by atoms with E-state index in [1.54, 1.807) is 12.1 Å². The second kappa shape index (κ2) is 9.25. The van der Waals surface area contributed by atoms with Gasteiger partial charge in [-0.2, -0.15) is 0 Å². The molecule has 0 aromatic heterocycles. The summed E-state index contributed by atoms with van der Waals surface area (Å²) in [5.41, 5.74) is 5.65. The number of carbonyl (C=O) groups is 1. The van der Waals surface area contributed by atoms with Crippen LogP contribution in [0.25, 0.3) is 0 Å². The van der Waals surface area contributed by atoms with Crippen molar-refractivity contribution in [3.05, 3.63) is 24.3 Å². The average Bonchev–Trinajstić information content (AvgIpc) is 3.33. The summed E-state index contributed by atoms with van der Waals surface area (Å²) in [6.45, 7) is 0.891. The predicted molar refractivity (Wildman–Crippen MR) is 95.2 cm³/mol. The van der Waals surface area contributed by atoms with E-state index in [1.165, 1.54) is 12.1 Å². The zero-order valence-corrected chi connectivity index (χ0v) is 15.4. The number of nitrogens with one attached hydrogen (secondary N) is 1. The van der Waals surface area contributed by atoms with E-state index in [0.717, 1.165) is 19.1 Å². The van der Waals surface area contributed by atoms with Crippen molar-refractivity contribution < 1.29 is 17.9 Å². The Hall–Kier alpha value is -1.31. The van der Waals surface area contributed by atoms with Crippen LogP contribution in [0.1, 0.15) is 25.7 Å². The van der Waals surface area contributed by atoms with Crippen molar-refractivity contribution >= 4 is 28.2 Å². The van der Waals surface area contributed by atoms with Gasteiger partial charge < -0.3 is 15.8 Å². The largest absolute Gasteiger partial charge is 0.494 e. The zero-order valence-electron chi connectivity index (χ0n) is 13.7. The van der Waals surface area contributed by atoms with E-state index in [9.17, 15) is 13.2 Å². The van der Waals surface area contributed by atoms with Gasteiger partial charge in [0.05, 0.1) is 11.5 Å². The SMILES string of the molecule is CS(=O)(=O)c1ccc(OCCCC(=O)NC(CN)C2CC2)cc1.Cl. The van der Waals surface area contributed by atoms with Gasteiger partial charge in [-0.25, -0.2) is 8.42 Å². The van der Waals surface area contributed by atoms with E-state index in [4.69, 9.17) is 10.5 Å². The van der Waals surface area contributed by atoms with E-state index in [0.29, 0.717) is 37.7 Å². The second-order valence-corrected chi connectivity index (χ2v) is 7.96. The van der Waals surface area contributed by atoms with Crippen molar-refractivity contribution in [2.45, 2.75) is 36.6 Å². The molecule has 136 valence electrons. The summed E-state index contributed by atoms with van der Waals surface area (Å²) in [4.78, 5) is 12.1. The lowest BCUT2D eigenvalue weighted by atomic mass is 10.2. The molecule has 1 aromatic rings. The minimum Gasteiger partial charge on any atom is -0.494 e. The fourth-order valence-corrected chi connectivity index (χ4v) is 2.98. The van der Waals surface area contributed by atoms with Gasteiger partial charge in [0.25, 0.3) is 0 Å². The van der Waals surface area contributed by atoms with Crippen LogP contribution in [0.5, 0.6) is 5.75 Å². The number of hydrogen-bond donors (Lipinski definition) is 2. The minimum atomic E-state index is -3.19. The number of rotatable bonds is 9. The molecule has 1 unspecified atom stereocenters. The second-order valence-electron chi connectivity index (χ2n) is 5.94. The van der Waals surface area contributed by atoms with Crippen molar-refractivity contribution in [3.63, 3.8) is 0 Å². The van der Waals surface area contributed by atoms with Crippen molar-refractivity contribution in [2.75, 3.05) is 19.4 Å². The van der Waals surface area contributed by atoms with E-state index in [-0.39, 0.29) is 29.3 Å². The van der Waals surface area contributed by atoms with Crippen LogP contribution >= 0.6 is 12.4 Å². The lowest BCUT2D eigenvalue weighted by molar-refractivity contribution is -0.122. The monoisotopic (exact) mass is 376 g/mol. The Labute approximate surface area is 149 Å². The van der Waals surface area contributed by atoms with E-state index in [1.807, 2.05) is 0 Å². The van der Waals surface area contributed by atoms with Gasteiger partial charge in [-0.1, -0.05) is 0 Å². The fourth-order valence-electron chi connectivity index (χ4n) is 2.35. The molecule has 3 N–H and O–H groups in total. The summed E-state index contributed by atoms with van der Waals surface area (Å²) in [5.74, 6) is 1.15. The van der Waals surface area contributed by atoms with Crippen molar-refractivity contribution in [1.29, 1.82) is 0 Å². The third kappa shape index (κ3) is 6.67. The molecule has 6 nitrogen and oxygen atoms in total. The molecule has 1 aliphatic rings. The first kappa shape index (κ1) is 20.7. The number of ether oxygens (including phenoxy) is 1. The summed E-state index contributed by atoms with van der Waals surface area (Å²) in [6, 6.07) is 6.37. The normalized spacial score (nSPS) is 15.2. The maximum Gasteiger partial charge on any atom is 0.220 e. The van der Waals surface area contributed by atoms with E-state index >= 15 is 0 Å². The summed E-state index contributed by atoms with van der Waals surface area (Å²) in [7, 11) is -3.19. The molecule has 24 heavy (non-hydrogen) atoms. The molecule has 0 radical (unpaired) electrons. The molecule has 8 heteroatoms. The Kier molecular flexibility index (Phi) is 7.99. The molecule has 0 spiro atoms. The van der Waals surface area contributed by atoms with E-state index in [2.05, 4.69) is 5.32 Å². The van der Waals surface area contributed by atoms with Crippen LogP contribution in [0.4, 0.5) is 0 Å². The van der Waals surface area contributed by atoms with Gasteiger partial charge in [-0.05, 0) is 49.4 Å². The van der Waals surface area contributed by atoms with Gasteiger partial charge in [0.1, 0.15) is 5.75 Å². The number of halogens is 1. The highest BCUT2D eigenvalue weighted by Gasteiger charge is 2.30. The minimum absolute atomic E-state index is 0. The maximum absolute atomic E-state index is 11.8. The number of carbonyl (C=O) groups excluding carboxylic acids is 1. The first-order chi connectivity index (χ1) is 10.9. The smallest absolute Gasteiger partial charge is 0.220 e. The average molecular weight is 377 g/mol. The first-order valence-electron chi connectivity index (χ1n) is 7.82. The van der Waals surface area contributed by atoms with Crippen molar-refractivity contribution in [2.24, 2.45) is 11.7 Å². The Morgan fingerprint density at radius 1 is 1.33 bits per heavy atom. The summed E-state index contributed by atoms with van der Waals surface area (Å²) in [6.07, 6.45) is 4.45. The molecule has 1 aromatic carbocycles. The molecule has 1 saturated carbocycles. The van der Waals surface area contributed by atoms with Gasteiger partial charge in [-0.15, -0.1) is 12.4 Å².